The van der Waals surface area contributed by atoms with Gasteiger partial charge in [0.2, 0.25) is 0 Å². The molecule has 6 nitrogen and oxygen atoms in total. The van der Waals surface area contributed by atoms with Crippen LogP contribution in [0, 0.1) is 0 Å². The summed E-state index contributed by atoms with van der Waals surface area (Å²) in [6, 6.07) is 14.0. The molecule has 234 valence electrons. The van der Waals surface area contributed by atoms with E-state index < -0.39 is 23.5 Å². The molecular weight excluding hydrogens is 538 g/mol. The van der Waals surface area contributed by atoms with Gasteiger partial charge in [-0.05, 0) is 36.3 Å². The van der Waals surface area contributed by atoms with E-state index in [2.05, 4.69) is 6.92 Å². The van der Waals surface area contributed by atoms with Crippen molar-refractivity contribution >= 4 is 17.8 Å². The van der Waals surface area contributed by atoms with Gasteiger partial charge in [-0.1, -0.05) is 127 Å². The van der Waals surface area contributed by atoms with Crippen molar-refractivity contribution in [3.8, 4) is 11.5 Å². The normalized spacial score (nSPS) is 15.1. The molecule has 0 spiro atoms. The Balaban J connectivity index is 1.60. The average Bonchev–Trinajstić information content (AvgIpc) is 3.29. The number of nitrogens with zero attached hydrogens (tertiary/aromatic N) is 1. The van der Waals surface area contributed by atoms with E-state index in [1.165, 1.54) is 76.7 Å². The van der Waals surface area contributed by atoms with Crippen molar-refractivity contribution < 1.29 is 24.2 Å². The topological polar surface area (TPSA) is 76.1 Å². The first kappa shape index (κ1) is 34.0. The Morgan fingerprint density at radius 1 is 0.814 bits per heavy atom. The first-order valence-electron chi connectivity index (χ1n) is 16.2. The predicted octanol–water partition coefficient (Wildman–Crippen LogP) is 9.16. The Morgan fingerprint density at radius 3 is 1.95 bits per heavy atom. The number of hydrogen-bond donors (Lipinski definition) is 1. The number of hydrogen-bond acceptors (Lipinski definition) is 5. The van der Waals surface area contributed by atoms with Crippen LogP contribution in [-0.2, 0) is 9.59 Å². The molecule has 1 N–H and O–H groups in total. The summed E-state index contributed by atoms with van der Waals surface area (Å²) < 4.78 is 11.1. The molecule has 1 aliphatic heterocycles. The molecule has 3 rings (SSSR count). The number of ether oxygens (including phenoxy) is 2. The number of methoxy groups -OCH3 is 2. The van der Waals surface area contributed by atoms with Gasteiger partial charge in [-0.15, -0.1) is 0 Å². The molecule has 1 aliphatic rings. The number of rotatable bonds is 21. The molecule has 0 saturated heterocycles. The molecule has 43 heavy (non-hydrogen) atoms. The third-order valence-corrected chi connectivity index (χ3v) is 8.28. The fourth-order valence-electron chi connectivity index (χ4n) is 5.81. The number of benzene rings is 2. The summed E-state index contributed by atoms with van der Waals surface area (Å²) in [6.07, 6.45) is 20.6. The number of aliphatic hydroxyl groups excluding tert-OH is 1. The molecule has 2 aromatic carbocycles. The summed E-state index contributed by atoms with van der Waals surface area (Å²) in [6.45, 7) is 2.70. The Morgan fingerprint density at radius 2 is 1.40 bits per heavy atom. The van der Waals surface area contributed by atoms with E-state index in [9.17, 15) is 14.7 Å². The molecule has 6 heteroatoms. The fraction of sp³-hybridized carbons (Fsp3) is 0.514. The van der Waals surface area contributed by atoms with Crippen LogP contribution in [0.25, 0.3) is 6.08 Å². The van der Waals surface area contributed by atoms with Gasteiger partial charge in [-0.2, -0.15) is 0 Å². The van der Waals surface area contributed by atoms with Crippen molar-refractivity contribution in [2.24, 2.45) is 0 Å². The Labute approximate surface area is 258 Å². The van der Waals surface area contributed by atoms with Crippen molar-refractivity contribution in [3.05, 3.63) is 77.1 Å². The van der Waals surface area contributed by atoms with Crippen LogP contribution in [0.15, 0.2) is 65.9 Å². The Kier molecular flexibility index (Phi) is 14.9. The van der Waals surface area contributed by atoms with Gasteiger partial charge in [-0.3, -0.25) is 9.59 Å². The van der Waals surface area contributed by atoms with Crippen molar-refractivity contribution in [1.82, 2.24) is 4.90 Å². The van der Waals surface area contributed by atoms with E-state index in [0.29, 0.717) is 23.6 Å². The SMILES string of the molecule is CCCCCCCCCCCCCCCCN1C(=O)C(O)=C(C(=O)/C=C/c2ccccc2)[C@H]1c1cc(OC)ccc1OC. The summed E-state index contributed by atoms with van der Waals surface area (Å²) in [7, 11) is 3.13. The molecule has 0 unspecified atom stereocenters. The second-order valence-electron chi connectivity index (χ2n) is 11.5. The zero-order chi connectivity index (χ0) is 30.9. The number of carbonyl (C=O) groups excluding carboxylic acids is 2. The monoisotopic (exact) mass is 589 g/mol. The van der Waals surface area contributed by atoms with Crippen LogP contribution < -0.4 is 9.47 Å². The molecule has 0 fully saturated rings. The number of allylic oxidation sites excluding steroid dienone is 1. The Bertz CT molecular complexity index is 1200. The third-order valence-electron chi connectivity index (χ3n) is 8.28. The first-order chi connectivity index (χ1) is 21.0. The molecular formula is C37H51NO5. The molecule has 0 saturated carbocycles. The zero-order valence-electron chi connectivity index (χ0n) is 26.5. The minimum absolute atomic E-state index is 0.0640. The molecule has 0 aromatic heterocycles. The van der Waals surface area contributed by atoms with E-state index in [1.54, 1.807) is 43.4 Å². The molecule has 0 bridgehead atoms. The lowest BCUT2D eigenvalue weighted by molar-refractivity contribution is -0.129. The van der Waals surface area contributed by atoms with Crippen LogP contribution in [0.1, 0.15) is 114 Å². The minimum atomic E-state index is -0.771. The first-order valence-corrected chi connectivity index (χ1v) is 16.2. The Hall–Kier alpha value is -3.54. The quantitative estimate of drug-likeness (QED) is 0.116. The maximum atomic E-state index is 13.5. The molecule has 2 aromatic rings. The molecule has 0 aliphatic carbocycles. The van der Waals surface area contributed by atoms with Crippen molar-refractivity contribution in [3.63, 3.8) is 0 Å². The summed E-state index contributed by atoms with van der Waals surface area (Å²) in [5, 5.41) is 11.0. The summed E-state index contributed by atoms with van der Waals surface area (Å²) in [4.78, 5) is 28.5. The second kappa shape index (κ2) is 18.9. The van der Waals surface area contributed by atoms with Crippen LogP contribution in [0.2, 0.25) is 0 Å². The smallest absolute Gasteiger partial charge is 0.290 e. The number of ketones is 1. The van der Waals surface area contributed by atoms with E-state index in [1.807, 2.05) is 30.3 Å². The van der Waals surface area contributed by atoms with Crippen LogP contribution in [0.4, 0.5) is 0 Å². The van der Waals surface area contributed by atoms with Crippen LogP contribution in [-0.4, -0.2) is 42.5 Å². The van der Waals surface area contributed by atoms with Gasteiger partial charge in [0.25, 0.3) is 5.91 Å². The molecule has 0 radical (unpaired) electrons. The van der Waals surface area contributed by atoms with Gasteiger partial charge in [-0.25, -0.2) is 0 Å². The van der Waals surface area contributed by atoms with Crippen LogP contribution >= 0.6 is 0 Å². The minimum Gasteiger partial charge on any atom is -0.503 e. The highest BCUT2D eigenvalue weighted by atomic mass is 16.5. The largest absolute Gasteiger partial charge is 0.503 e. The number of amides is 1. The lowest BCUT2D eigenvalue weighted by Gasteiger charge is -2.28. The lowest BCUT2D eigenvalue weighted by atomic mass is 9.94. The second-order valence-corrected chi connectivity index (χ2v) is 11.5. The summed E-state index contributed by atoms with van der Waals surface area (Å²) >= 11 is 0. The molecule has 1 amide bonds. The fourth-order valence-corrected chi connectivity index (χ4v) is 5.81. The van der Waals surface area contributed by atoms with E-state index >= 15 is 0 Å². The van der Waals surface area contributed by atoms with Crippen molar-refractivity contribution in [1.29, 1.82) is 0 Å². The van der Waals surface area contributed by atoms with Gasteiger partial charge in [0.1, 0.15) is 11.5 Å². The third kappa shape index (κ3) is 10.3. The number of carbonyl (C=O) groups is 2. The highest BCUT2D eigenvalue weighted by molar-refractivity contribution is 6.14. The maximum absolute atomic E-state index is 13.5. The van der Waals surface area contributed by atoms with Gasteiger partial charge in [0.05, 0.1) is 25.8 Å². The van der Waals surface area contributed by atoms with Crippen molar-refractivity contribution in [2.45, 2.75) is 103 Å². The maximum Gasteiger partial charge on any atom is 0.290 e. The molecule has 1 atom stereocenters. The van der Waals surface area contributed by atoms with E-state index in [0.717, 1.165) is 24.8 Å². The van der Waals surface area contributed by atoms with Crippen LogP contribution in [0.5, 0.6) is 11.5 Å². The lowest BCUT2D eigenvalue weighted by Crippen LogP contribution is -2.32. The van der Waals surface area contributed by atoms with E-state index in [-0.39, 0.29) is 5.57 Å². The van der Waals surface area contributed by atoms with Crippen LogP contribution in [0.3, 0.4) is 0 Å². The standard InChI is InChI=1S/C37H51NO5/c1-4-5-6-7-8-9-10-11-12-13-14-15-16-20-27-38-35(31-28-30(42-2)24-26-33(31)43-3)34(36(40)37(38)41)32(39)25-23-29-21-18-17-19-22-29/h17-19,21-26,28,35,40H,4-16,20,27H2,1-3H3/b25-23+/t35-/m1/s1. The summed E-state index contributed by atoms with van der Waals surface area (Å²) in [5.74, 6) is -0.327. The van der Waals surface area contributed by atoms with Gasteiger partial charge < -0.3 is 19.5 Å². The van der Waals surface area contributed by atoms with Gasteiger partial charge in [0.15, 0.2) is 11.5 Å². The average molecular weight is 590 g/mol. The number of unbranched alkanes of at least 4 members (excludes halogenated alkanes) is 13. The van der Waals surface area contributed by atoms with Gasteiger partial charge in [0, 0.05) is 12.1 Å². The highest BCUT2D eigenvalue weighted by Gasteiger charge is 2.43. The van der Waals surface area contributed by atoms with E-state index in [4.69, 9.17) is 9.47 Å². The van der Waals surface area contributed by atoms with Crippen molar-refractivity contribution in [2.75, 3.05) is 20.8 Å². The number of aliphatic hydroxyl groups is 1. The van der Waals surface area contributed by atoms with Gasteiger partial charge >= 0.3 is 0 Å². The molecule has 1 heterocycles. The highest BCUT2D eigenvalue weighted by Crippen LogP contribution is 2.43. The predicted molar refractivity (Wildman–Crippen MR) is 174 cm³/mol. The summed E-state index contributed by atoms with van der Waals surface area (Å²) in [5.41, 5.74) is 1.53. The zero-order valence-corrected chi connectivity index (χ0v) is 26.5.